The van der Waals surface area contributed by atoms with Crippen molar-refractivity contribution < 1.29 is 24.2 Å². The molecule has 3 amide bonds. The number of rotatable bonds is 14. The number of nitrogens with zero attached hydrogens (tertiary/aromatic N) is 1. The van der Waals surface area contributed by atoms with E-state index < -0.39 is 29.7 Å². The van der Waals surface area contributed by atoms with Crippen LogP contribution in [0.5, 0.6) is 5.75 Å². The quantitative estimate of drug-likeness (QED) is 0.184. The van der Waals surface area contributed by atoms with Crippen molar-refractivity contribution in [3.63, 3.8) is 0 Å². The van der Waals surface area contributed by atoms with Crippen molar-refractivity contribution in [1.29, 1.82) is 0 Å². The lowest BCUT2D eigenvalue weighted by molar-refractivity contribution is -0.142. The van der Waals surface area contributed by atoms with E-state index in [9.17, 15) is 19.5 Å². The lowest BCUT2D eigenvalue weighted by Crippen LogP contribution is -2.54. The minimum absolute atomic E-state index is 0.0127. The summed E-state index contributed by atoms with van der Waals surface area (Å²) in [6, 6.07) is 13.8. The first-order chi connectivity index (χ1) is 18.6. The molecule has 8 nitrogen and oxygen atoms in total. The largest absolute Gasteiger partial charge is 0.508 e. The third kappa shape index (κ3) is 11.2. The molecule has 2 atom stereocenters. The molecule has 2 unspecified atom stereocenters. The molecule has 0 saturated carbocycles. The number of carbonyl (C=O) groups excluding carboxylic acids is 3. The predicted octanol–water partition coefficient (Wildman–Crippen LogP) is 5.37. The van der Waals surface area contributed by atoms with Gasteiger partial charge in [-0.05, 0) is 50.5 Å². The van der Waals surface area contributed by atoms with E-state index in [2.05, 4.69) is 30.2 Å². The summed E-state index contributed by atoms with van der Waals surface area (Å²) in [5, 5.41) is 15.8. The number of benzene rings is 2. The molecule has 2 aromatic carbocycles. The highest BCUT2D eigenvalue weighted by molar-refractivity contribution is 7.80. The second-order valence-electron chi connectivity index (χ2n) is 10.5. The average Bonchev–Trinajstić information content (AvgIpc) is 2.89. The van der Waals surface area contributed by atoms with Crippen molar-refractivity contribution in [3.05, 3.63) is 65.7 Å². The normalized spacial score (nSPS) is 12.7. The van der Waals surface area contributed by atoms with Gasteiger partial charge in [-0.25, -0.2) is 4.79 Å². The second-order valence-corrected chi connectivity index (χ2v) is 10.9. The summed E-state index contributed by atoms with van der Waals surface area (Å²) in [4.78, 5) is 41.7. The lowest BCUT2D eigenvalue weighted by Gasteiger charge is -2.34. The predicted molar refractivity (Wildman–Crippen MR) is 157 cm³/mol. The van der Waals surface area contributed by atoms with Crippen molar-refractivity contribution in [1.82, 2.24) is 15.5 Å². The van der Waals surface area contributed by atoms with Crippen LogP contribution >= 0.6 is 12.6 Å². The molecule has 0 fully saturated rings. The summed E-state index contributed by atoms with van der Waals surface area (Å²) in [6.45, 7) is 7.91. The van der Waals surface area contributed by atoms with Crippen molar-refractivity contribution >= 4 is 30.5 Å². The van der Waals surface area contributed by atoms with Gasteiger partial charge in [0.25, 0.3) is 0 Å². The topological polar surface area (TPSA) is 108 Å². The highest BCUT2D eigenvalue weighted by Gasteiger charge is 2.35. The van der Waals surface area contributed by atoms with E-state index in [0.717, 1.165) is 31.2 Å². The van der Waals surface area contributed by atoms with Crippen LogP contribution in [0.15, 0.2) is 54.6 Å². The van der Waals surface area contributed by atoms with Gasteiger partial charge >= 0.3 is 6.09 Å². The third-order valence-electron chi connectivity index (χ3n) is 6.01. The molecular weight excluding hydrogens is 514 g/mol. The first-order valence-corrected chi connectivity index (χ1v) is 14.2. The number of alkyl carbamates (subject to hydrolysis) is 1. The molecule has 2 aromatic rings. The van der Waals surface area contributed by atoms with Gasteiger partial charge in [0, 0.05) is 18.8 Å². The Bertz CT molecular complexity index is 1060. The maximum Gasteiger partial charge on any atom is 0.408 e. The van der Waals surface area contributed by atoms with Crippen molar-refractivity contribution in [2.45, 2.75) is 84.0 Å². The summed E-state index contributed by atoms with van der Waals surface area (Å²) in [5.74, 6) is -0.833. The fourth-order valence-electron chi connectivity index (χ4n) is 4.14. The van der Waals surface area contributed by atoms with E-state index in [1.807, 2.05) is 30.3 Å². The Labute approximate surface area is 237 Å². The van der Waals surface area contributed by atoms with E-state index in [1.54, 1.807) is 32.9 Å². The smallest absolute Gasteiger partial charge is 0.408 e. The monoisotopic (exact) mass is 557 g/mol. The maximum atomic E-state index is 13.9. The Balaban J connectivity index is 2.39. The number of hydrogen-bond acceptors (Lipinski definition) is 6. The van der Waals surface area contributed by atoms with Gasteiger partial charge < -0.3 is 25.4 Å². The van der Waals surface area contributed by atoms with Gasteiger partial charge in [-0.3, -0.25) is 9.59 Å². The Morgan fingerprint density at radius 3 is 2.31 bits per heavy atom. The fourth-order valence-corrected chi connectivity index (χ4v) is 4.38. The molecule has 0 heterocycles. The second kappa shape index (κ2) is 16.0. The van der Waals surface area contributed by atoms with E-state index >= 15 is 0 Å². The third-order valence-corrected chi connectivity index (χ3v) is 6.38. The van der Waals surface area contributed by atoms with Crippen LogP contribution in [0.2, 0.25) is 0 Å². The Morgan fingerprint density at radius 2 is 1.69 bits per heavy atom. The van der Waals surface area contributed by atoms with Gasteiger partial charge in [-0.15, -0.1) is 0 Å². The van der Waals surface area contributed by atoms with Gasteiger partial charge in [0.15, 0.2) is 0 Å². The number of carbonyl (C=O) groups is 3. The van der Waals surface area contributed by atoms with Crippen molar-refractivity contribution in [3.8, 4) is 5.75 Å². The fraction of sp³-hybridized carbons (Fsp3) is 0.500. The number of phenolic OH excluding ortho intramolecular Hbond substituents is 1. The molecule has 0 radical (unpaired) electrons. The highest BCUT2D eigenvalue weighted by atomic mass is 32.1. The molecule has 0 aliphatic rings. The molecule has 9 heteroatoms. The highest BCUT2D eigenvalue weighted by Crippen LogP contribution is 2.26. The summed E-state index contributed by atoms with van der Waals surface area (Å²) >= 11 is 4.33. The van der Waals surface area contributed by atoms with Crippen LogP contribution in [0.3, 0.4) is 0 Å². The molecule has 0 spiro atoms. The molecule has 0 aliphatic heterocycles. The molecule has 0 saturated heterocycles. The Kier molecular flexibility index (Phi) is 13.2. The van der Waals surface area contributed by atoms with Crippen LogP contribution in [0.4, 0.5) is 4.79 Å². The molecule has 0 aliphatic carbocycles. The number of phenols is 1. The Hall–Kier alpha value is -3.20. The summed E-state index contributed by atoms with van der Waals surface area (Å²) < 4.78 is 5.35. The number of unbranched alkanes of at least 4 members (excludes halogenated alkanes) is 4. The zero-order chi connectivity index (χ0) is 28.8. The molecule has 0 bridgehead atoms. The van der Waals surface area contributed by atoms with Gasteiger partial charge in [-0.2, -0.15) is 12.6 Å². The zero-order valence-corrected chi connectivity index (χ0v) is 24.4. The zero-order valence-electron chi connectivity index (χ0n) is 23.5. The molecule has 214 valence electrons. The Morgan fingerprint density at radius 1 is 1.00 bits per heavy atom. The number of thiol groups is 1. The van der Waals surface area contributed by atoms with Crippen LogP contribution in [-0.2, 0) is 20.9 Å². The number of amides is 3. The van der Waals surface area contributed by atoms with E-state index in [1.165, 1.54) is 17.0 Å². The lowest BCUT2D eigenvalue weighted by atomic mass is 10.0. The standard InChI is InChI=1S/C30H43N3O5S/c1-5-6-7-8-12-18-33(28(36)25(21-39)32-29(37)38-30(2,3)4)26(23-16-13-17-24(34)19-23)27(35)31-20-22-14-10-9-11-15-22/h9-11,13-17,19,25-26,34,39H,5-8,12,18,20-21H2,1-4H3,(H,31,35)(H,32,37). The van der Waals surface area contributed by atoms with E-state index in [4.69, 9.17) is 4.74 Å². The molecule has 39 heavy (non-hydrogen) atoms. The van der Waals surface area contributed by atoms with Crippen LogP contribution in [0, 0.1) is 0 Å². The SMILES string of the molecule is CCCCCCCN(C(=O)C(CS)NC(=O)OC(C)(C)C)C(C(=O)NCc1ccccc1)c1cccc(O)c1. The summed E-state index contributed by atoms with van der Waals surface area (Å²) in [5.41, 5.74) is 0.643. The average molecular weight is 558 g/mol. The minimum atomic E-state index is -1.03. The first kappa shape index (κ1) is 32.0. The number of nitrogens with one attached hydrogen (secondary N) is 2. The van der Waals surface area contributed by atoms with Gasteiger partial charge in [-0.1, -0.05) is 75.1 Å². The van der Waals surface area contributed by atoms with Crippen LogP contribution in [-0.4, -0.2) is 51.9 Å². The van der Waals surface area contributed by atoms with E-state index in [0.29, 0.717) is 18.5 Å². The van der Waals surface area contributed by atoms with Gasteiger partial charge in [0.2, 0.25) is 11.8 Å². The van der Waals surface area contributed by atoms with Gasteiger partial charge in [0.1, 0.15) is 23.4 Å². The first-order valence-electron chi connectivity index (χ1n) is 13.6. The van der Waals surface area contributed by atoms with Crippen molar-refractivity contribution in [2.75, 3.05) is 12.3 Å². The molecular formula is C30H43N3O5S. The van der Waals surface area contributed by atoms with Crippen LogP contribution in [0.1, 0.15) is 77.0 Å². The van der Waals surface area contributed by atoms with Gasteiger partial charge in [0.05, 0.1) is 0 Å². The van der Waals surface area contributed by atoms with Crippen LogP contribution < -0.4 is 10.6 Å². The summed E-state index contributed by atoms with van der Waals surface area (Å²) in [7, 11) is 0. The van der Waals surface area contributed by atoms with Crippen LogP contribution in [0.25, 0.3) is 0 Å². The maximum absolute atomic E-state index is 13.9. The molecule has 3 N–H and O–H groups in total. The molecule has 0 aromatic heterocycles. The molecule has 2 rings (SSSR count). The number of aromatic hydroxyl groups is 1. The van der Waals surface area contributed by atoms with Crippen molar-refractivity contribution in [2.24, 2.45) is 0 Å². The minimum Gasteiger partial charge on any atom is -0.508 e. The number of hydrogen-bond donors (Lipinski definition) is 4. The number of ether oxygens (including phenoxy) is 1. The van der Waals surface area contributed by atoms with E-state index in [-0.39, 0.29) is 24.0 Å². The summed E-state index contributed by atoms with van der Waals surface area (Å²) in [6.07, 6.45) is 4.01.